The molecule has 0 spiro atoms. The fourth-order valence-corrected chi connectivity index (χ4v) is 1.88. The Morgan fingerprint density at radius 1 is 1.15 bits per heavy atom. The molecule has 0 radical (unpaired) electrons. The number of hydrogen-bond donors (Lipinski definition) is 3. The largest absolute Gasteiger partial charge is 0.480 e. The molecule has 0 aliphatic carbocycles. The van der Waals surface area contributed by atoms with Crippen LogP contribution in [0.5, 0.6) is 0 Å². The highest BCUT2D eigenvalue weighted by Crippen LogP contribution is 2.12. The number of carboxylic acid groups (broad SMARTS) is 1. The van der Waals surface area contributed by atoms with Crippen molar-refractivity contribution in [3.63, 3.8) is 0 Å². The van der Waals surface area contributed by atoms with Gasteiger partial charge in [-0.15, -0.1) is 0 Å². The summed E-state index contributed by atoms with van der Waals surface area (Å²) in [7, 11) is -3.38. The van der Waals surface area contributed by atoms with Gasteiger partial charge in [-0.1, -0.05) is 0 Å². The molecule has 0 atom stereocenters. The van der Waals surface area contributed by atoms with E-state index in [1.54, 1.807) is 0 Å². The highest BCUT2D eigenvalue weighted by molar-refractivity contribution is 7.92. The van der Waals surface area contributed by atoms with E-state index in [0.717, 1.165) is 6.26 Å². The number of nitrogens with one attached hydrogen (secondary N) is 2. The average molecular weight is 300 g/mol. The fraction of sp³-hybridized carbons (Fsp3) is 0.333. The van der Waals surface area contributed by atoms with Crippen molar-refractivity contribution < 1.29 is 23.1 Å². The maximum atomic E-state index is 11.8. The van der Waals surface area contributed by atoms with Gasteiger partial charge < -0.3 is 10.4 Å². The highest BCUT2D eigenvalue weighted by atomic mass is 32.2. The van der Waals surface area contributed by atoms with E-state index < -0.39 is 27.4 Å². The van der Waals surface area contributed by atoms with Gasteiger partial charge in [-0.2, -0.15) is 0 Å². The normalized spacial score (nSPS) is 11.8. The minimum absolute atomic E-state index is 0.235. The lowest BCUT2D eigenvalue weighted by atomic mass is 10.1. The van der Waals surface area contributed by atoms with E-state index in [9.17, 15) is 18.0 Å². The van der Waals surface area contributed by atoms with Crippen molar-refractivity contribution in [2.75, 3.05) is 11.0 Å². The molecule has 1 aromatic carbocycles. The molecule has 3 N–H and O–H groups in total. The van der Waals surface area contributed by atoms with Gasteiger partial charge in [-0.25, -0.2) is 13.2 Å². The molecule has 110 valence electrons. The Bertz CT molecular complexity index is 620. The molecular weight excluding hydrogens is 284 g/mol. The Balaban J connectivity index is 2.84. The Labute approximate surface area is 117 Å². The quantitative estimate of drug-likeness (QED) is 0.739. The molecule has 1 rings (SSSR count). The van der Waals surface area contributed by atoms with E-state index in [1.165, 1.54) is 38.1 Å². The maximum Gasteiger partial charge on any atom is 0.328 e. The number of amides is 1. The predicted octanol–water partition coefficient (Wildman–Crippen LogP) is 0.651. The Morgan fingerprint density at radius 2 is 1.65 bits per heavy atom. The summed E-state index contributed by atoms with van der Waals surface area (Å²) in [4.78, 5) is 22.8. The van der Waals surface area contributed by atoms with Crippen molar-refractivity contribution >= 4 is 27.6 Å². The number of carbonyl (C=O) groups is 2. The summed E-state index contributed by atoms with van der Waals surface area (Å²) in [5.74, 6) is -1.70. The van der Waals surface area contributed by atoms with Crippen LogP contribution >= 0.6 is 0 Å². The number of carboxylic acids is 1. The molecule has 7 nitrogen and oxygen atoms in total. The van der Waals surface area contributed by atoms with Gasteiger partial charge in [0.25, 0.3) is 5.91 Å². The molecule has 0 fully saturated rings. The summed E-state index contributed by atoms with van der Waals surface area (Å²) in [5, 5.41) is 11.3. The molecule has 0 heterocycles. The Hall–Kier alpha value is -2.09. The fourth-order valence-electron chi connectivity index (χ4n) is 1.31. The molecule has 8 heteroatoms. The van der Waals surface area contributed by atoms with Crippen LogP contribution in [-0.4, -0.2) is 37.2 Å². The van der Waals surface area contributed by atoms with Gasteiger partial charge >= 0.3 is 5.97 Å². The molecule has 1 amide bonds. The molecule has 1 aromatic rings. The van der Waals surface area contributed by atoms with Crippen LogP contribution in [0.15, 0.2) is 24.3 Å². The minimum atomic E-state index is -3.38. The monoisotopic (exact) mass is 300 g/mol. The second kappa shape index (κ2) is 5.49. The van der Waals surface area contributed by atoms with Crippen LogP contribution in [-0.2, 0) is 14.8 Å². The van der Waals surface area contributed by atoms with Gasteiger partial charge in [0.05, 0.1) is 6.26 Å². The molecular formula is C12H16N2O5S. The van der Waals surface area contributed by atoms with Gasteiger partial charge in [0.15, 0.2) is 0 Å². The number of benzene rings is 1. The lowest BCUT2D eigenvalue weighted by Gasteiger charge is -2.21. The molecule has 20 heavy (non-hydrogen) atoms. The highest BCUT2D eigenvalue weighted by Gasteiger charge is 2.29. The second-order valence-electron chi connectivity index (χ2n) is 4.84. The third-order valence-corrected chi connectivity index (χ3v) is 3.02. The lowest BCUT2D eigenvalue weighted by molar-refractivity contribution is -0.143. The van der Waals surface area contributed by atoms with Gasteiger partial charge in [-0.3, -0.25) is 9.52 Å². The standard InChI is InChI=1S/C12H16N2O5S/c1-12(2,11(16)17)13-10(15)8-4-6-9(7-5-8)14-20(3,18)19/h4-7,14H,1-3H3,(H,13,15)(H,16,17). The number of sulfonamides is 1. The summed E-state index contributed by atoms with van der Waals surface area (Å²) in [6.45, 7) is 2.74. The number of anilines is 1. The maximum absolute atomic E-state index is 11.8. The zero-order valence-corrected chi connectivity index (χ0v) is 12.1. The molecule has 0 saturated carbocycles. The zero-order chi connectivity index (χ0) is 15.6. The van der Waals surface area contributed by atoms with Crippen LogP contribution in [0.1, 0.15) is 24.2 Å². The molecule has 0 aliphatic rings. The van der Waals surface area contributed by atoms with E-state index in [1.807, 2.05) is 0 Å². The van der Waals surface area contributed by atoms with Crippen molar-refractivity contribution in [2.24, 2.45) is 0 Å². The summed E-state index contributed by atoms with van der Waals surface area (Å²) in [6.07, 6.45) is 1.02. The zero-order valence-electron chi connectivity index (χ0n) is 11.3. The van der Waals surface area contributed by atoms with Gasteiger partial charge in [0, 0.05) is 11.3 Å². The van der Waals surface area contributed by atoms with Crippen LogP contribution < -0.4 is 10.0 Å². The Morgan fingerprint density at radius 3 is 2.05 bits per heavy atom. The third-order valence-electron chi connectivity index (χ3n) is 2.41. The number of carbonyl (C=O) groups excluding carboxylic acids is 1. The topological polar surface area (TPSA) is 113 Å². The molecule has 0 aliphatic heterocycles. The van der Waals surface area contributed by atoms with E-state index in [-0.39, 0.29) is 5.56 Å². The van der Waals surface area contributed by atoms with Crippen LogP contribution in [0.2, 0.25) is 0 Å². The van der Waals surface area contributed by atoms with Crippen molar-refractivity contribution in [1.29, 1.82) is 0 Å². The predicted molar refractivity (Wildman–Crippen MR) is 74.1 cm³/mol. The van der Waals surface area contributed by atoms with Crippen molar-refractivity contribution in [1.82, 2.24) is 5.32 Å². The van der Waals surface area contributed by atoms with E-state index in [4.69, 9.17) is 5.11 Å². The SMILES string of the molecule is CC(C)(NC(=O)c1ccc(NS(C)(=O)=O)cc1)C(=O)O. The van der Waals surface area contributed by atoms with Crippen LogP contribution in [0.4, 0.5) is 5.69 Å². The first kappa shape index (κ1) is 16.0. The van der Waals surface area contributed by atoms with Crippen LogP contribution in [0.25, 0.3) is 0 Å². The van der Waals surface area contributed by atoms with E-state index >= 15 is 0 Å². The molecule has 0 unspecified atom stereocenters. The van der Waals surface area contributed by atoms with E-state index in [0.29, 0.717) is 5.69 Å². The van der Waals surface area contributed by atoms with Crippen molar-refractivity contribution in [3.05, 3.63) is 29.8 Å². The second-order valence-corrected chi connectivity index (χ2v) is 6.58. The molecule has 0 bridgehead atoms. The van der Waals surface area contributed by atoms with Crippen molar-refractivity contribution in [2.45, 2.75) is 19.4 Å². The summed E-state index contributed by atoms with van der Waals surface area (Å²) in [5.41, 5.74) is -0.833. The van der Waals surface area contributed by atoms with Gasteiger partial charge in [0.1, 0.15) is 5.54 Å². The van der Waals surface area contributed by atoms with Crippen LogP contribution in [0, 0.1) is 0 Å². The first-order valence-electron chi connectivity index (χ1n) is 5.65. The average Bonchev–Trinajstić information content (AvgIpc) is 2.26. The Kier molecular flexibility index (Phi) is 4.39. The summed E-state index contributed by atoms with van der Waals surface area (Å²) >= 11 is 0. The minimum Gasteiger partial charge on any atom is -0.480 e. The number of aliphatic carboxylic acids is 1. The molecule has 0 aromatic heterocycles. The van der Waals surface area contributed by atoms with Crippen LogP contribution in [0.3, 0.4) is 0 Å². The summed E-state index contributed by atoms with van der Waals surface area (Å²) in [6, 6.07) is 5.65. The van der Waals surface area contributed by atoms with Crippen molar-refractivity contribution in [3.8, 4) is 0 Å². The van der Waals surface area contributed by atoms with Gasteiger partial charge in [-0.05, 0) is 38.1 Å². The third kappa shape index (κ3) is 4.54. The summed E-state index contributed by atoms with van der Waals surface area (Å²) < 4.78 is 24.3. The van der Waals surface area contributed by atoms with Gasteiger partial charge in [0.2, 0.25) is 10.0 Å². The number of hydrogen-bond acceptors (Lipinski definition) is 4. The molecule has 0 saturated heterocycles. The lowest BCUT2D eigenvalue weighted by Crippen LogP contribution is -2.49. The first-order chi connectivity index (χ1) is 9.01. The smallest absolute Gasteiger partial charge is 0.328 e. The van der Waals surface area contributed by atoms with E-state index in [2.05, 4.69) is 10.0 Å². The first-order valence-corrected chi connectivity index (χ1v) is 7.54. The number of rotatable bonds is 5.